The molecule has 6 rings (SSSR count). The number of aromatic nitrogens is 1. The zero-order chi connectivity index (χ0) is 25.8. The molecule has 0 spiro atoms. The van der Waals surface area contributed by atoms with E-state index < -0.39 is 17.7 Å². The van der Waals surface area contributed by atoms with Crippen LogP contribution in [0.25, 0.3) is 16.7 Å². The number of hydrogen-bond acceptors (Lipinski definition) is 3. The number of benzene rings is 3. The molecule has 37 heavy (non-hydrogen) atoms. The average Bonchev–Trinajstić information content (AvgIpc) is 3.38. The maximum atomic E-state index is 13.7. The monoisotopic (exact) mass is 490 g/mol. The number of anilines is 1. The Morgan fingerprint density at radius 1 is 0.892 bits per heavy atom. The van der Waals surface area contributed by atoms with Crippen LogP contribution in [0.4, 0.5) is 5.69 Å². The van der Waals surface area contributed by atoms with Crippen LogP contribution in [0.5, 0.6) is 0 Å². The Morgan fingerprint density at radius 3 is 2.43 bits per heavy atom. The Kier molecular flexibility index (Phi) is 5.52. The largest absolute Gasteiger partial charge is 0.507 e. The van der Waals surface area contributed by atoms with Gasteiger partial charge in [0, 0.05) is 41.0 Å². The Bertz CT molecular complexity index is 1620. The highest BCUT2D eigenvalue weighted by atomic mass is 16.3. The molecule has 186 valence electrons. The molecule has 1 aliphatic carbocycles. The molecule has 5 nitrogen and oxygen atoms in total. The van der Waals surface area contributed by atoms with E-state index in [0.717, 1.165) is 46.9 Å². The third-order valence-electron chi connectivity index (χ3n) is 8.06. The van der Waals surface area contributed by atoms with Crippen LogP contribution in [-0.4, -0.2) is 21.4 Å². The van der Waals surface area contributed by atoms with Gasteiger partial charge in [-0.15, -0.1) is 0 Å². The predicted octanol–water partition coefficient (Wildman–Crippen LogP) is 6.30. The number of carbonyl (C=O) groups is 2. The molecule has 0 radical (unpaired) electrons. The van der Waals surface area contributed by atoms with Gasteiger partial charge in [-0.25, -0.2) is 0 Å². The van der Waals surface area contributed by atoms with E-state index in [9.17, 15) is 14.7 Å². The minimum atomic E-state index is -0.746. The molecule has 2 aliphatic rings. The van der Waals surface area contributed by atoms with Crippen LogP contribution >= 0.6 is 0 Å². The summed E-state index contributed by atoms with van der Waals surface area (Å²) >= 11 is 0. The summed E-state index contributed by atoms with van der Waals surface area (Å²) in [5.74, 6) is -1.40. The van der Waals surface area contributed by atoms with Gasteiger partial charge in [-0.2, -0.15) is 0 Å². The second-order valence-electron chi connectivity index (χ2n) is 10.3. The number of rotatable bonds is 3. The second-order valence-corrected chi connectivity index (χ2v) is 10.3. The number of carbonyl (C=O) groups excluding carboxylic acids is 2. The van der Waals surface area contributed by atoms with E-state index in [1.54, 1.807) is 4.90 Å². The van der Waals surface area contributed by atoms with Gasteiger partial charge >= 0.3 is 0 Å². The summed E-state index contributed by atoms with van der Waals surface area (Å²) in [5.41, 5.74) is 7.82. The van der Waals surface area contributed by atoms with Crippen LogP contribution in [0.15, 0.2) is 72.4 Å². The van der Waals surface area contributed by atoms with E-state index in [4.69, 9.17) is 0 Å². The second kappa shape index (κ2) is 8.77. The topological polar surface area (TPSA) is 62.5 Å². The highest BCUT2D eigenvalue weighted by molar-refractivity contribution is 6.52. The molecule has 1 fully saturated rings. The summed E-state index contributed by atoms with van der Waals surface area (Å²) in [7, 11) is 1.96. The van der Waals surface area contributed by atoms with Gasteiger partial charge in [-0.1, -0.05) is 36.4 Å². The summed E-state index contributed by atoms with van der Waals surface area (Å²) in [4.78, 5) is 28.8. The summed E-state index contributed by atoms with van der Waals surface area (Å²) in [6.07, 6.45) is 6.24. The molecule has 1 unspecified atom stereocenters. The van der Waals surface area contributed by atoms with Crippen LogP contribution in [0.3, 0.4) is 0 Å². The normalized spacial score (nSPS) is 19.0. The molecule has 3 aromatic carbocycles. The summed E-state index contributed by atoms with van der Waals surface area (Å²) < 4.78 is 2.00. The lowest BCUT2D eigenvalue weighted by Crippen LogP contribution is -2.29. The molecule has 1 N–H and O–H groups in total. The van der Waals surface area contributed by atoms with Crippen molar-refractivity contribution in [3.63, 3.8) is 0 Å². The van der Waals surface area contributed by atoms with E-state index in [1.165, 1.54) is 17.5 Å². The number of nitrogens with zero attached hydrogens (tertiary/aromatic N) is 2. The fraction of sp³-hybridized carbons (Fsp3) is 0.250. The molecule has 0 bridgehead atoms. The molecule has 1 saturated heterocycles. The van der Waals surface area contributed by atoms with Crippen LogP contribution in [0, 0.1) is 13.8 Å². The number of ketones is 1. The van der Waals surface area contributed by atoms with Crippen LogP contribution < -0.4 is 4.90 Å². The number of hydrogen-bond donors (Lipinski definition) is 1. The Hall–Kier alpha value is -4.12. The average molecular weight is 491 g/mol. The minimum absolute atomic E-state index is 0.115. The summed E-state index contributed by atoms with van der Waals surface area (Å²) in [6.45, 7) is 4.01. The van der Waals surface area contributed by atoms with Crippen LogP contribution in [0.2, 0.25) is 0 Å². The fourth-order valence-electron chi connectivity index (χ4n) is 5.90. The molecule has 4 aromatic rings. The molecule has 0 saturated carbocycles. The lowest BCUT2D eigenvalue weighted by Gasteiger charge is -2.26. The smallest absolute Gasteiger partial charge is 0.300 e. The molecule has 1 aromatic heterocycles. The van der Waals surface area contributed by atoms with Gasteiger partial charge in [-0.05, 0) is 86.1 Å². The highest BCUT2D eigenvalue weighted by Gasteiger charge is 2.48. The lowest BCUT2D eigenvalue weighted by molar-refractivity contribution is -0.132. The van der Waals surface area contributed by atoms with Crippen molar-refractivity contribution in [1.82, 2.24) is 4.57 Å². The molecule has 1 aliphatic heterocycles. The lowest BCUT2D eigenvalue weighted by atomic mass is 9.88. The Morgan fingerprint density at radius 2 is 1.65 bits per heavy atom. The van der Waals surface area contributed by atoms with Gasteiger partial charge in [0.2, 0.25) is 0 Å². The van der Waals surface area contributed by atoms with Crippen molar-refractivity contribution in [2.75, 3.05) is 4.90 Å². The Balaban J connectivity index is 1.60. The standard InChI is InChI=1S/C32H30N2O3/c1-19-12-15-24(16-20(19)2)34-29(26-18-33(3)27-11-7-6-10-25(26)27)28(31(36)32(34)37)30(35)23-14-13-21-8-4-5-9-22(21)17-23/h6-7,10-18,29,35H,4-5,8-9H2,1-3H3/b30-28+. The van der Waals surface area contributed by atoms with Crippen molar-refractivity contribution in [2.45, 2.75) is 45.6 Å². The first-order valence-electron chi connectivity index (χ1n) is 12.9. The fourth-order valence-corrected chi connectivity index (χ4v) is 5.90. The predicted molar refractivity (Wildman–Crippen MR) is 147 cm³/mol. The van der Waals surface area contributed by atoms with Crippen molar-refractivity contribution in [3.05, 3.63) is 106 Å². The maximum absolute atomic E-state index is 13.7. The first kappa shape index (κ1) is 23.3. The number of fused-ring (bicyclic) bond motifs is 2. The SMILES string of the molecule is Cc1ccc(N2C(=O)C(=O)/C(=C(/O)c3ccc4c(c3)CCCC4)C2c2cn(C)c3ccccc23)cc1C. The number of aryl methyl sites for hydroxylation is 5. The minimum Gasteiger partial charge on any atom is -0.507 e. The number of aliphatic hydroxyl groups is 1. The van der Waals surface area contributed by atoms with Gasteiger partial charge < -0.3 is 9.67 Å². The van der Waals surface area contributed by atoms with Crippen LogP contribution in [0.1, 0.15) is 52.3 Å². The van der Waals surface area contributed by atoms with Crippen molar-refractivity contribution >= 4 is 34.0 Å². The number of aliphatic hydroxyl groups excluding tert-OH is 1. The van der Waals surface area contributed by atoms with Gasteiger partial charge in [0.15, 0.2) is 0 Å². The van der Waals surface area contributed by atoms with Crippen molar-refractivity contribution in [3.8, 4) is 0 Å². The number of Topliss-reactive ketones (excluding diaryl/α,β-unsaturated/α-hetero) is 1. The summed E-state index contributed by atoms with van der Waals surface area (Å²) in [5, 5.41) is 12.6. The van der Waals surface area contributed by atoms with E-state index in [0.29, 0.717) is 11.3 Å². The van der Waals surface area contributed by atoms with Gasteiger partial charge in [0.05, 0.1) is 11.6 Å². The van der Waals surface area contributed by atoms with Crippen LogP contribution in [-0.2, 0) is 29.5 Å². The molecule has 1 amide bonds. The van der Waals surface area contributed by atoms with E-state index in [2.05, 4.69) is 6.07 Å². The third kappa shape index (κ3) is 3.69. The first-order chi connectivity index (χ1) is 17.8. The highest BCUT2D eigenvalue weighted by Crippen LogP contribution is 2.45. The first-order valence-corrected chi connectivity index (χ1v) is 12.9. The van der Waals surface area contributed by atoms with Gasteiger partial charge in [0.25, 0.3) is 11.7 Å². The van der Waals surface area contributed by atoms with Crippen molar-refractivity contribution < 1.29 is 14.7 Å². The molecular formula is C32H30N2O3. The number of amides is 1. The quantitative estimate of drug-likeness (QED) is 0.208. The maximum Gasteiger partial charge on any atom is 0.300 e. The van der Waals surface area contributed by atoms with Gasteiger partial charge in [0.1, 0.15) is 5.76 Å². The molecule has 1 atom stereocenters. The molecule has 5 heteroatoms. The zero-order valence-corrected chi connectivity index (χ0v) is 21.4. The van der Waals surface area contributed by atoms with Crippen molar-refractivity contribution in [1.29, 1.82) is 0 Å². The van der Waals surface area contributed by atoms with E-state index in [-0.39, 0.29) is 11.3 Å². The number of para-hydroxylation sites is 1. The molecule has 2 heterocycles. The third-order valence-corrected chi connectivity index (χ3v) is 8.06. The van der Waals surface area contributed by atoms with E-state index >= 15 is 0 Å². The van der Waals surface area contributed by atoms with Crippen molar-refractivity contribution in [2.24, 2.45) is 7.05 Å². The zero-order valence-electron chi connectivity index (χ0n) is 21.4. The van der Waals surface area contributed by atoms with Gasteiger partial charge in [-0.3, -0.25) is 14.5 Å². The summed E-state index contributed by atoms with van der Waals surface area (Å²) in [6, 6.07) is 18.9. The molecular weight excluding hydrogens is 460 g/mol. The van der Waals surface area contributed by atoms with E-state index in [1.807, 2.05) is 86.3 Å². The Labute approximate surface area is 216 Å².